The molecule has 0 amide bonds. The second-order valence-corrected chi connectivity index (χ2v) is 5.83. The highest BCUT2D eigenvalue weighted by Gasteiger charge is 2.30. The third-order valence-electron chi connectivity index (χ3n) is 4.44. The predicted molar refractivity (Wildman–Crippen MR) is 68.9 cm³/mol. The minimum atomic E-state index is 0.294. The molecule has 1 rings (SSSR count). The Labute approximate surface area is 95.5 Å². The normalized spacial score (nSPS) is 27.1. The lowest BCUT2D eigenvalue weighted by molar-refractivity contribution is 0.372. The van der Waals surface area contributed by atoms with Crippen molar-refractivity contribution in [1.29, 1.82) is 0 Å². The number of hydrogen-bond acceptors (Lipinski definition) is 0. The molecule has 0 bridgehead atoms. The van der Waals surface area contributed by atoms with Crippen LogP contribution in [-0.2, 0) is 0 Å². The van der Waals surface area contributed by atoms with Crippen LogP contribution in [0.4, 0.5) is 0 Å². The molecule has 86 valence electrons. The van der Waals surface area contributed by atoms with Crippen molar-refractivity contribution in [2.45, 2.75) is 53.4 Å². The maximum atomic E-state index is 4.29. The van der Waals surface area contributed by atoms with Gasteiger partial charge in [-0.2, -0.15) is 0 Å². The standard InChI is InChI=1S/C15H26/c1-7-15(5,6)13(4)10-14-11(2)8-9-12(14)3/h12,14H,2,4,7-10H2,1,3,5-6H3. The molecule has 0 spiro atoms. The highest BCUT2D eigenvalue weighted by molar-refractivity contribution is 5.16. The molecule has 0 saturated heterocycles. The molecule has 15 heavy (non-hydrogen) atoms. The number of allylic oxidation sites excluding steroid dienone is 2. The topological polar surface area (TPSA) is 0 Å². The lowest BCUT2D eigenvalue weighted by Gasteiger charge is -2.29. The molecule has 0 aromatic rings. The summed E-state index contributed by atoms with van der Waals surface area (Å²) in [4.78, 5) is 0. The molecule has 0 aromatic carbocycles. The maximum Gasteiger partial charge on any atom is -0.0143 e. The first-order valence-corrected chi connectivity index (χ1v) is 6.24. The Morgan fingerprint density at radius 1 is 1.47 bits per heavy atom. The van der Waals surface area contributed by atoms with Crippen molar-refractivity contribution in [2.75, 3.05) is 0 Å². The van der Waals surface area contributed by atoms with Crippen molar-refractivity contribution in [3.8, 4) is 0 Å². The van der Waals surface area contributed by atoms with Gasteiger partial charge in [-0.25, -0.2) is 0 Å². The minimum Gasteiger partial charge on any atom is -0.0996 e. The monoisotopic (exact) mass is 206 g/mol. The first kappa shape index (κ1) is 12.5. The van der Waals surface area contributed by atoms with Gasteiger partial charge in [0.25, 0.3) is 0 Å². The van der Waals surface area contributed by atoms with Gasteiger partial charge in [-0.15, -0.1) is 0 Å². The molecular weight excluding hydrogens is 180 g/mol. The van der Waals surface area contributed by atoms with E-state index in [9.17, 15) is 0 Å². The van der Waals surface area contributed by atoms with Crippen LogP contribution in [0, 0.1) is 17.3 Å². The van der Waals surface area contributed by atoms with Crippen LogP contribution in [0.5, 0.6) is 0 Å². The van der Waals surface area contributed by atoms with Crippen LogP contribution in [0.2, 0.25) is 0 Å². The van der Waals surface area contributed by atoms with E-state index in [-0.39, 0.29) is 0 Å². The average molecular weight is 206 g/mol. The molecule has 1 aliphatic rings. The fourth-order valence-corrected chi connectivity index (χ4v) is 2.34. The summed E-state index contributed by atoms with van der Waals surface area (Å²) in [6.07, 6.45) is 4.88. The van der Waals surface area contributed by atoms with Crippen molar-refractivity contribution in [3.63, 3.8) is 0 Å². The van der Waals surface area contributed by atoms with Crippen LogP contribution in [0.3, 0.4) is 0 Å². The Morgan fingerprint density at radius 2 is 2.07 bits per heavy atom. The van der Waals surface area contributed by atoms with E-state index in [0.29, 0.717) is 11.3 Å². The van der Waals surface area contributed by atoms with Crippen LogP contribution >= 0.6 is 0 Å². The first-order valence-electron chi connectivity index (χ1n) is 6.24. The van der Waals surface area contributed by atoms with Crippen molar-refractivity contribution >= 4 is 0 Å². The maximum absolute atomic E-state index is 4.29. The molecular formula is C15H26. The molecule has 0 heteroatoms. The van der Waals surface area contributed by atoms with Crippen LogP contribution in [0.25, 0.3) is 0 Å². The Morgan fingerprint density at radius 3 is 2.47 bits per heavy atom. The molecule has 0 radical (unpaired) electrons. The summed E-state index contributed by atoms with van der Waals surface area (Å²) in [5.74, 6) is 1.50. The van der Waals surface area contributed by atoms with Gasteiger partial charge in [0.15, 0.2) is 0 Å². The summed E-state index contributed by atoms with van der Waals surface area (Å²) in [6, 6.07) is 0. The van der Waals surface area contributed by atoms with Crippen molar-refractivity contribution in [2.24, 2.45) is 17.3 Å². The molecule has 1 fully saturated rings. The summed E-state index contributed by atoms with van der Waals surface area (Å²) in [7, 11) is 0. The summed E-state index contributed by atoms with van der Waals surface area (Å²) in [5, 5.41) is 0. The fourth-order valence-electron chi connectivity index (χ4n) is 2.34. The molecule has 0 aliphatic heterocycles. The van der Waals surface area contributed by atoms with Crippen LogP contribution in [-0.4, -0.2) is 0 Å². The lowest BCUT2D eigenvalue weighted by atomic mass is 9.76. The Balaban J connectivity index is 2.62. The zero-order chi connectivity index (χ0) is 11.6. The summed E-state index contributed by atoms with van der Waals surface area (Å²) < 4.78 is 0. The van der Waals surface area contributed by atoms with Gasteiger partial charge >= 0.3 is 0 Å². The zero-order valence-corrected chi connectivity index (χ0v) is 10.9. The number of rotatable bonds is 4. The third-order valence-corrected chi connectivity index (χ3v) is 4.44. The molecule has 0 heterocycles. The second-order valence-electron chi connectivity index (χ2n) is 5.83. The molecule has 0 nitrogen and oxygen atoms in total. The largest absolute Gasteiger partial charge is 0.0996 e. The van der Waals surface area contributed by atoms with E-state index in [4.69, 9.17) is 0 Å². The van der Waals surface area contributed by atoms with E-state index in [1.807, 2.05) is 0 Å². The van der Waals surface area contributed by atoms with Crippen molar-refractivity contribution in [1.82, 2.24) is 0 Å². The molecule has 2 atom stereocenters. The average Bonchev–Trinajstić information content (AvgIpc) is 2.49. The molecule has 1 aliphatic carbocycles. The van der Waals surface area contributed by atoms with Gasteiger partial charge in [0.1, 0.15) is 0 Å². The smallest absolute Gasteiger partial charge is 0.0143 e. The predicted octanol–water partition coefficient (Wildman–Crippen LogP) is 4.97. The van der Waals surface area contributed by atoms with Crippen molar-refractivity contribution in [3.05, 3.63) is 24.3 Å². The SMILES string of the molecule is C=C1CCC(C)C1CC(=C)C(C)(C)CC. The van der Waals surface area contributed by atoms with E-state index in [1.54, 1.807) is 0 Å². The molecule has 2 unspecified atom stereocenters. The Bertz CT molecular complexity index is 257. The van der Waals surface area contributed by atoms with Gasteiger partial charge in [0.2, 0.25) is 0 Å². The molecule has 0 aromatic heterocycles. The highest BCUT2D eigenvalue weighted by atomic mass is 14.3. The first-order chi connectivity index (χ1) is 6.88. The fraction of sp³-hybridized carbons (Fsp3) is 0.733. The molecule has 0 N–H and O–H groups in total. The van der Waals surface area contributed by atoms with Gasteiger partial charge in [-0.05, 0) is 42.9 Å². The van der Waals surface area contributed by atoms with E-state index in [0.717, 1.165) is 12.3 Å². The van der Waals surface area contributed by atoms with Gasteiger partial charge < -0.3 is 0 Å². The Kier molecular flexibility index (Phi) is 3.81. The Hall–Kier alpha value is -0.520. The van der Waals surface area contributed by atoms with Crippen LogP contribution < -0.4 is 0 Å². The van der Waals surface area contributed by atoms with Gasteiger partial charge in [-0.3, -0.25) is 0 Å². The number of hydrogen-bond donors (Lipinski definition) is 0. The van der Waals surface area contributed by atoms with Crippen LogP contribution in [0.1, 0.15) is 53.4 Å². The summed E-state index contributed by atoms with van der Waals surface area (Å²) >= 11 is 0. The van der Waals surface area contributed by atoms with Crippen LogP contribution in [0.15, 0.2) is 24.3 Å². The quantitative estimate of drug-likeness (QED) is 0.570. The van der Waals surface area contributed by atoms with Gasteiger partial charge in [0, 0.05) is 0 Å². The van der Waals surface area contributed by atoms with Gasteiger partial charge in [0.05, 0.1) is 0 Å². The zero-order valence-electron chi connectivity index (χ0n) is 10.9. The van der Waals surface area contributed by atoms with E-state index in [1.165, 1.54) is 30.4 Å². The van der Waals surface area contributed by atoms with E-state index in [2.05, 4.69) is 40.9 Å². The minimum absolute atomic E-state index is 0.294. The summed E-state index contributed by atoms with van der Waals surface area (Å²) in [6.45, 7) is 17.7. The van der Waals surface area contributed by atoms with E-state index < -0.39 is 0 Å². The second kappa shape index (κ2) is 4.55. The molecule has 1 saturated carbocycles. The third kappa shape index (κ3) is 2.74. The van der Waals surface area contributed by atoms with Gasteiger partial charge in [-0.1, -0.05) is 52.0 Å². The summed E-state index contributed by atoms with van der Waals surface area (Å²) in [5.41, 5.74) is 3.16. The highest BCUT2D eigenvalue weighted by Crippen LogP contribution is 2.42. The van der Waals surface area contributed by atoms with Crippen molar-refractivity contribution < 1.29 is 0 Å². The van der Waals surface area contributed by atoms with E-state index >= 15 is 0 Å². The lowest BCUT2D eigenvalue weighted by Crippen LogP contribution is -2.17.